The van der Waals surface area contributed by atoms with Crippen molar-refractivity contribution >= 4 is 16.7 Å². The van der Waals surface area contributed by atoms with E-state index < -0.39 is 0 Å². The summed E-state index contributed by atoms with van der Waals surface area (Å²) in [5.74, 6) is 2.24. The molecule has 0 unspecified atom stereocenters. The number of aryl methyl sites for hydroxylation is 1. The van der Waals surface area contributed by atoms with E-state index >= 15 is 0 Å². The van der Waals surface area contributed by atoms with Gasteiger partial charge >= 0.3 is 0 Å². The molecule has 1 saturated heterocycles. The number of nitrogens with one attached hydrogen (secondary N) is 1. The van der Waals surface area contributed by atoms with Crippen LogP contribution in [-0.2, 0) is 6.54 Å². The van der Waals surface area contributed by atoms with Crippen molar-refractivity contribution in [2.75, 3.05) is 40.4 Å². The molecule has 1 fully saturated rings. The molecule has 7 heteroatoms. The summed E-state index contributed by atoms with van der Waals surface area (Å²) in [5.41, 5.74) is 0.320. The molecule has 0 saturated carbocycles. The second-order valence-corrected chi connectivity index (χ2v) is 8.70. The van der Waals surface area contributed by atoms with Crippen molar-refractivity contribution in [3.63, 3.8) is 0 Å². The maximum atomic E-state index is 13.0. The van der Waals surface area contributed by atoms with Crippen LogP contribution in [0.4, 0.5) is 0 Å². The van der Waals surface area contributed by atoms with Gasteiger partial charge in [0.25, 0.3) is 11.5 Å². The number of rotatable bonds is 8. The highest BCUT2D eigenvalue weighted by molar-refractivity contribution is 6.07. The zero-order chi connectivity index (χ0) is 22.5. The number of ether oxygens (including phenoxy) is 2. The standard InChI is InChI=1S/C24H35N3O4/c1-6-27-15-20(18-11-21(30-4)22(31-5)12-19(18)24(27)29)23(28)25-8-7-9-26-13-16(2)10-17(3)14-26/h11-12,15-17H,6-10,13-14H2,1-5H3,(H,25,28)/t16-,17-/m0/s1. The topological polar surface area (TPSA) is 72.8 Å². The predicted molar refractivity (Wildman–Crippen MR) is 123 cm³/mol. The smallest absolute Gasteiger partial charge is 0.258 e. The van der Waals surface area contributed by atoms with Crippen LogP contribution in [0.3, 0.4) is 0 Å². The number of benzene rings is 1. The molecular weight excluding hydrogens is 394 g/mol. The van der Waals surface area contributed by atoms with Gasteiger partial charge < -0.3 is 24.3 Å². The summed E-state index contributed by atoms with van der Waals surface area (Å²) < 4.78 is 12.3. The maximum absolute atomic E-state index is 13.0. The van der Waals surface area contributed by atoms with Gasteiger partial charge in [-0.1, -0.05) is 13.8 Å². The number of hydrogen-bond donors (Lipinski definition) is 1. The van der Waals surface area contributed by atoms with Crippen molar-refractivity contribution < 1.29 is 14.3 Å². The first-order valence-corrected chi connectivity index (χ1v) is 11.2. The second kappa shape index (κ2) is 10.2. The minimum atomic E-state index is -0.181. The molecule has 2 aromatic rings. The molecule has 1 amide bonds. The molecule has 31 heavy (non-hydrogen) atoms. The third-order valence-electron chi connectivity index (χ3n) is 6.06. The minimum Gasteiger partial charge on any atom is -0.493 e. The molecule has 7 nitrogen and oxygen atoms in total. The van der Waals surface area contributed by atoms with Crippen molar-refractivity contribution in [3.05, 3.63) is 34.2 Å². The van der Waals surface area contributed by atoms with Crippen LogP contribution >= 0.6 is 0 Å². The van der Waals surface area contributed by atoms with Crippen molar-refractivity contribution in [2.24, 2.45) is 11.8 Å². The second-order valence-electron chi connectivity index (χ2n) is 8.70. The average Bonchev–Trinajstić information content (AvgIpc) is 2.75. The number of amides is 1. The minimum absolute atomic E-state index is 0.150. The number of hydrogen-bond acceptors (Lipinski definition) is 5. The molecule has 1 aromatic carbocycles. The Kier molecular flexibility index (Phi) is 7.59. The highest BCUT2D eigenvalue weighted by Crippen LogP contribution is 2.32. The van der Waals surface area contributed by atoms with E-state index in [-0.39, 0.29) is 11.5 Å². The first-order chi connectivity index (χ1) is 14.9. The Labute approximate surface area is 184 Å². The van der Waals surface area contributed by atoms with Crippen LogP contribution in [0, 0.1) is 11.8 Å². The van der Waals surface area contributed by atoms with Gasteiger partial charge in [-0.05, 0) is 50.3 Å². The van der Waals surface area contributed by atoms with Crippen LogP contribution < -0.4 is 20.3 Å². The van der Waals surface area contributed by atoms with Gasteiger partial charge in [0.15, 0.2) is 11.5 Å². The van der Waals surface area contributed by atoms with E-state index in [4.69, 9.17) is 9.47 Å². The third-order valence-corrected chi connectivity index (χ3v) is 6.06. The van der Waals surface area contributed by atoms with Gasteiger partial charge in [-0.2, -0.15) is 0 Å². The molecule has 0 bridgehead atoms. The van der Waals surface area contributed by atoms with Gasteiger partial charge in [-0.15, -0.1) is 0 Å². The number of nitrogens with zero attached hydrogens (tertiary/aromatic N) is 2. The number of aromatic nitrogens is 1. The first kappa shape index (κ1) is 23.1. The lowest BCUT2D eigenvalue weighted by molar-refractivity contribution is 0.0948. The van der Waals surface area contributed by atoms with Crippen LogP contribution in [0.25, 0.3) is 10.8 Å². The summed E-state index contributed by atoms with van der Waals surface area (Å²) in [6, 6.07) is 3.36. The fourth-order valence-corrected chi connectivity index (χ4v) is 4.71. The lowest BCUT2D eigenvalue weighted by Crippen LogP contribution is -2.40. The number of pyridine rings is 1. The Balaban J connectivity index is 1.76. The summed E-state index contributed by atoms with van der Waals surface area (Å²) in [4.78, 5) is 28.3. The molecule has 0 spiro atoms. The van der Waals surface area contributed by atoms with E-state index in [9.17, 15) is 9.59 Å². The lowest BCUT2D eigenvalue weighted by Gasteiger charge is -2.34. The van der Waals surface area contributed by atoms with Crippen molar-refractivity contribution in [3.8, 4) is 11.5 Å². The molecule has 1 aromatic heterocycles. The predicted octanol–water partition coefficient (Wildman–Crippen LogP) is 3.14. The number of carbonyl (C=O) groups is 1. The van der Waals surface area contributed by atoms with E-state index in [0.29, 0.717) is 40.9 Å². The number of fused-ring (bicyclic) bond motifs is 1. The molecule has 2 atom stereocenters. The van der Waals surface area contributed by atoms with Gasteiger partial charge in [-0.25, -0.2) is 0 Å². The zero-order valence-corrected chi connectivity index (χ0v) is 19.4. The van der Waals surface area contributed by atoms with Gasteiger partial charge in [0, 0.05) is 37.8 Å². The zero-order valence-electron chi connectivity index (χ0n) is 19.4. The number of likely N-dealkylation sites (tertiary alicyclic amines) is 1. The number of carbonyl (C=O) groups excluding carboxylic acids is 1. The molecule has 0 radical (unpaired) electrons. The van der Waals surface area contributed by atoms with Crippen LogP contribution in [0.5, 0.6) is 11.5 Å². The molecule has 2 heterocycles. The van der Waals surface area contributed by atoms with Crippen LogP contribution in [0.2, 0.25) is 0 Å². The lowest BCUT2D eigenvalue weighted by atomic mass is 9.92. The molecular formula is C24H35N3O4. The monoisotopic (exact) mass is 429 g/mol. The van der Waals surface area contributed by atoms with E-state index in [0.717, 1.165) is 37.9 Å². The Hall–Kier alpha value is -2.54. The van der Waals surface area contributed by atoms with E-state index in [1.54, 1.807) is 30.0 Å². The van der Waals surface area contributed by atoms with E-state index in [1.807, 2.05) is 6.92 Å². The molecule has 170 valence electrons. The highest BCUT2D eigenvalue weighted by Gasteiger charge is 2.21. The van der Waals surface area contributed by atoms with Crippen LogP contribution in [0.1, 0.15) is 44.0 Å². The maximum Gasteiger partial charge on any atom is 0.258 e. The Morgan fingerprint density at radius 3 is 2.29 bits per heavy atom. The van der Waals surface area contributed by atoms with Crippen molar-refractivity contribution in [1.82, 2.24) is 14.8 Å². The highest BCUT2D eigenvalue weighted by atomic mass is 16.5. The van der Waals surface area contributed by atoms with E-state index in [2.05, 4.69) is 24.1 Å². The fraction of sp³-hybridized carbons (Fsp3) is 0.583. The van der Waals surface area contributed by atoms with E-state index in [1.165, 1.54) is 13.5 Å². The Bertz CT molecular complexity index is 975. The Morgan fingerprint density at radius 1 is 1.10 bits per heavy atom. The van der Waals surface area contributed by atoms with Gasteiger partial charge in [0.05, 0.1) is 25.2 Å². The van der Waals surface area contributed by atoms with Crippen molar-refractivity contribution in [2.45, 2.75) is 40.2 Å². The van der Waals surface area contributed by atoms with Gasteiger partial charge in [-0.3, -0.25) is 9.59 Å². The third kappa shape index (κ3) is 5.21. The quantitative estimate of drug-likeness (QED) is 0.653. The number of piperidine rings is 1. The fourth-order valence-electron chi connectivity index (χ4n) is 4.71. The summed E-state index contributed by atoms with van der Waals surface area (Å²) in [5, 5.41) is 4.06. The van der Waals surface area contributed by atoms with Gasteiger partial charge in [0.2, 0.25) is 0 Å². The summed E-state index contributed by atoms with van der Waals surface area (Å²) in [7, 11) is 3.07. The number of methoxy groups -OCH3 is 2. The van der Waals surface area contributed by atoms with Gasteiger partial charge in [0.1, 0.15) is 0 Å². The Morgan fingerprint density at radius 2 is 1.71 bits per heavy atom. The summed E-state index contributed by atoms with van der Waals surface area (Å²) in [6.45, 7) is 10.8. The first-order valence-electron chi connectivity index (χ1n) is 11.2. The van der Waals surface area contributed by atoms with Crippen molar-refractivity contribution in [1.29, 1.82) is 0 Å². The molecule has 0 aliphatic carbocycles. The molecule has 1 N–H and O–H groups in total. The molecule has 1 aliphatic rings. The van der Waals surface area contributed by atoms with Crippen LogP contribution in [-0.4, -0.2) is 55.8 Å². The largest absolute Gasteiger partial charge is 0.493 e. The van der Waals surface area contributed by atoms with Crippen LogP contribution in [0.15, 0.2) is 23.1 Å². The molecule has 1 aliphatic heterocycles. The molecule has 3 rings (SSSR count). The summed E-state index contributed by atoms with van der Waals surface area (Å²) >= 11 is 0. The average molecular weight is 430 g/mol. The summed E-state index contributed by atoms with van der Waals surface area (Å²) in [6.07, 6.45) is 3.83. The normalized spacial score (nSPS) is 19.4. The SMILES string of the molecule is CCn1cc(C(=O)NCCCN2C[C@@H](C)C[C@H](C)C2)c2cc(OC)c(OC)cc2c1=O.